The van der Waals surface area contributed by atoms with Crippen LogP contribution in [0.4, 0.5) is 5.69 Å². The van der Waals surface area contributed by atoms with Crippen molar-refractivity contribution in [3.8, 4) is 5.75 Å². The van der Waals surface area contributed by atoms with Crippen molar-refractivity contribution in [3.63, 3.8) is 0 Å². The minimum Gasteiger partial charge on any atom is -0.496 e. The summed E-state index contributed by atoms with van der Waals surface area (Å²) in [5.74, 6) is 0.812. The number of nitrogens with zero attached hydrogens (tertiary/aromatic N) is 1. The zero-order valence-corrected chi connectivity index (χ0v) is 16.9. The van der Waals surface area contributed by atoms with Crippen LogP contribution in [0.5, 0.6) is 5.75 Å². The van der Waals surface area contributed by atoms with E-state index >= 15 is 0 Å². The molecule has 2 aromatic carbocycles. The maximum Gasteiger partial charge on any atom is 0.251 e. The zero-order chi connectivity index (χ0) is 20.0. The van der Waals surface area contributed by atoms with E-state index in [0.29, 0.717) is 30.8 Å². The van der Waals surface area contributed by atoms with Crippen molar-refractivity contribution >= 4 is 21.6 Å². The molecular weight excluding hydrogens is 376 g/mol. The number of nitrogens with one attached hydrogen (secondary N) is 1. The molecule has 28 heavy (non-hydrogen) atoms. The summed E-state index contributed by atoms with van der Waals surface area (Å²) >= 11 is 0. The lowest BCUT2D eigenvalue weighted by Crippen LogP contribution is -2.38. The van der Waals surface area contributed by atoms with Gasteiger partial charge in [-0.1, -0.05) is 24.3 Å². The Kier molecular flexibility index (Phi) is 6.57. The molecule has 0 aromatic heterocycles. The van der Waals surface area contributed by atoms with Gasteiger partial charge < -0.3 is 10.1 Å². The maximum atomic E-state index is 12.5. The van der Waals surface area contributed by atoms with E-state index < -0.39 is 10.0 Å². The fraction of sp³-hybridized carbons (Fsp3) is 0.381. The molecule has 0 aliphatic carbocycles. The second-order valence-corrected chi connectivity index (χ2v) is 8.83. The predicted octanol–water partition coefficient (Wildman–Crippen LogP) is 2.99. The van der Waals surface area contributed by atoms with Gasteiger partial charge in [0.1, 0.15) is 5.75 Å². The quantitative estimate of drug-likeness (QED) is 0.723. The molecule has 0 atom stereocenters. The molecule has 1 heterocycles. The fourth-order valence-corrected chi connectivity index (χ4v) is 5.00. The number of carbonyl (C=O) groups is 1. The number of amides is 1. The van der Waals surface area contributed by atoms with Crippen LogP contribution in [0, 0.1) is 0 Å². The molecule has 7 heteroatoms. The first-order valence-electron chi connectivity index (χ1n) is 9.52. The number of para-hydroxylation sites is 1. The van der Waals surface area contributed by atoms with Crippen molar-refractivity contribution in [3.05, 3.63) is 59.7 Å². The van der Waals surface area contributed by atoms with Gasteiger partial charge in [-0.15, -0.1) is 0 Å². The topological polar surface area (TPSA) is 75.7 Å². The molecule has 0 unspecified atom stereocenters. The van der Waals surface area contributed by atoms with E-state index in [0.717, 1.165) is 30.6 Å². The van der Waals surface area contributed by atoms with Crippen LogP contribution in [-0.2, 0) is 16.4 Å². The normalized spacial score (nSPS) is 15.8. The second-order valence-electron chi connectivity index (χ2n) is 6.82. The van der Waals surface area contributed by atoms with Crippen LogP contribution < -0.4 is 14.4 Å². The Morgan fingerprint density at radius 2 is 1.96 bits per heavy atom. The van der Waals surface area contributed by atoms with E-state index in [4.69, 9.17) is 4.74 Å². The Morgan fingerprint density at radius 3 is 2.75 bits per heavy atom. The standard InChI is InChI=1S/C21H26N2O4S/c1-27-20-12-3-2-8-17(20)10-7-13-22-21(24)18-9-6-11-19(16-18)23-14-4-5-15-28(23,25)26/h2-3,6,8-9,11-12,16H,4-5,7,10,13-15H2,1H3,(H,22,24). The van der Waals surface area contributed by atoms with Crippen molar-refractivity contribution in [2.24, 2.45) is 0 Å². The van der Waals surface area contributed by atoms with E-state index in [-0.39, 0.29) is 11.7 Å². The Balaban J connectivity index is 1.58. The van der Waals surface area contributed by atoms with E-state index in [1.165, 1.54) is 4.31 Å². The fourth-order valence-electron chi connectivity index (χ4n) is 3.37. The highest BCUT2D eigenvalue weighted by Crippen LogP contribution is 2.24. The molecular formula is C21H26N2O4S. The Hall–Kier alpha value is -2.54. The molecule has 1 amide bonds. The highest BCUT2D eigenvalue weighted by molar-refractivity contribution is 7.92. The number of ether oxygens (including phenoxy) is 1. The molecule has 0 bridgehead atoms. The van der Waals surface area contributed by atoms with Gasteiger partial charge in [-0.25, -0.2) is 8.42 Å². The number of sulfonamides is 1. The molecule has 2 aromatic rings. The molecule has 3 rings (SSSR count). The number of benzene rings is 2. The first-order chi connectivity index (χ1) is 13.5. The summed E-state index contributed by atoms with van der Waals surface area (Å²) < 4.78 is 31.3. The maximum absolute atomic E-state index is 12.5. The highest BCUT2D eigenvalue weighted by atomic mass is 32.2. The average molecular weight is 403 g/mol. The lowest BCUT2D eigenvalue weighted by atomic mass is 10.1. The summed E-state index contributed by atoms with van der Waals surface area (Å²) in [7, 11) is -1.64. The van der Waals surface area contributed by atoms with Gasteiger partial charge in [-0.3, -0.25) is 9.10 Å². The number of rotatable bonds is 7. The van der Waals surface area contributed by atoms with E-state index in [2.05, 4.69) is 5.32 Å². The molecule has 150 valence electrons. The summed E-state index contributed by atoms with van der Waals surface area (Å²) in [6, 6.07) is 14.7. The van der Waals surface area contributed by atoms with Gasteiger partial charge in [0.15, 0.2) is 0 Å². The van der Waals surface area contributed by atoms with Crippen LogP contribution in [0.25, 0.3) is 0 Å². The number of hydrogen-bond acceptors (Lipinski definition) is 4. The van der Waals surface area contributed by atoms with Crippen LogP contribution in [0.15, 0.2) is 48.5 Å². The lowest BCUT2D eigenvalue weighted by Gasteiger charge is -2.28. The molecule has 0 saturated carbocycles. The van der Waals surface area contributed by atoms with Crippen LogP contribution >= 0.6 is 0 Å². The number of anilines is 1. The Morgan fingerprint density at radius 1 is 1.14 bits per heavy atom. The van der Waals surface area contributed by atoms with Gasteiger partial charge in [-0.05, 0) is 55.5 Å². The van der Waals surface area contributed by atoms with Gasteiger partial charge in [-0.2, -0.15) is 0 Å². The minimum atomic E-state index is -3.29. The van der Waals surface area contributed by atoms with E-state index in [9.17, 15) is 13.2 Å². The third kappa shape index (κ3) is 4.84. The highest BCUT2D eigenvalue weighted by Gasteiger charge is 2.26. The molecule has 1 aliphatic rings. The Bertz CT molecular complexity index is 928. The van der Waals surface area contributed by atoms with Gasteiger partial charge in [0.2, 0.25) is 10.0 Å². The summed E-state index contributed by atoms with van der Waals surface area (Å²) in [6.45, 7) is 0.995. The van der Waals surface area contributed by atoms with Crippen molar-refractivity contribution in [1.29, 1.82) is 0 Å². The molecule has 1 saturated heterocycles. The summed E-state index contributed by atoms with van der Waals surface area (Å²) in [5.41, 5.74) is 2.13. The number of carbonyl (C=O) groups excluding carboxylic acids is 1. The largest absolute Gasteiger partial charge is 0.496 e. The predicted molar refractivity (Wildman–Crippen MR) is 110 cm³/mol. The van der Waals surface area contributed by atoms with Gasteiger partial charge in [0.25, 0.3) is 5.91 Å². The molecule has 0 radical (unpaired) electrons. The van der Waals surface area contributed by atoms with Crippen LogP contribution in [-0.4, -0.2) is 40.3 Å². The van der Waals surface area contributed by atoms with Crippen LogP contribution in [0.1, 0.15) is 35.2 Å². The zero-order valence-electron chi connectivity index (χ0n) is 16.1. The summed E-state index contributed by atoms with van der Waals surface area (Å²) in [5, 5.41) is 2.91. The molecule has 1 aliphatic heterocycles. The van der Waals surface area contributed by atoms with Crippen LogP contribution in [0.2, 0.25) is 0 Å². The molecule has 6 nitrogen and oxygen atoms in total. The van der Waals surface area contributed by atoms with Gasteiger partial charge in [0, 0.05) is 18.7 Å². The van der Waals surface area contributed by atoms with Crippen molar-refractivity contribution in [1.82, 2.24) is 5.32 Å². The van der Waals surface area contributed by atoms with Crippen molar-refractivity contribution in [2.75, 3.05) is 30.3 Å². The van der Waals surface area contributed by atoms with Crippen molar-refractivity contribution < 1.29 is 17.9 Å². The molecule has 1 fully saturated rings. The number of aryl methyl sites for hydroxylation is 1. The molecule has 1 N–H and O–H groups in total. The monoisotopic (exact) mass is 402 g/mol. The second kappa shape index (κ2) is 9.10. The summed E-state index contributed by atoms with van der Waals surface area (Å²) in [4.78, 5) is 12.5. The smallest absolute Gasteiger partial charge is 0.251 e. The van der Waals surface area contributed by atoms with E-state index in [1.807, 2.05) is 24.3 Å². The third-order valence-corrected chi connectivity index (χ3v) is 6.72. The van der Waals surface area contributed by atoms with E-state index in [1.54, 1.807) is 31.4 Å². The number of methoxy groups -OCH3 is 1. The number of hydrogen-bond donors (Lipinski definition) is 1. The minimum absolute atomic E-state index is 0.159. The van der Waals surface area contributed by atoms with Gasteiger partial charge in [0.05, 0.1) is 18.6 Å². The first-order valence-corrected chi connectivity index (χ1v) is 11.1. The molecule has 0 spiro atoms. The average Bonchev–Trinajstić information content (AvgIpc) is 2.71. The lowest BCUT2D eigenvalue weighted by molar-refractivity contribution is 0.0953. The van der Waals surface area contributed by atoms with Gasteiger partial charge >= 0.3 is 0 Å². The Labute approximate surface area is 166 Å². The first kappa shape index (κ1) is 20.2. The summed E-state index contributed by atoms with van der Waals surface area (Å²) in [6.07, 6.45) is 3.10. The van der Waals surface area contributed by atoms with Crippen LogP contribution in [0.3, 0.4) is 0 Å². The SMILES string of the molecule is COc1ccccc1CCCNC(=O)c1cccc(N2CCCCS2(=O)=O)c1. The van der Waals surface area contributed by atoms with Crippen molar-refractivity contribution in [2.45, 2.75) is 25.7 Å². The third-order valence-electron chi connectivity index (χ3n) is 4.85.